The molecule has 0 unspecified atom stereocenters. The van der Waals surface area contributed by atoms with Gasteiger partial charge in [0.25, 0.3) is 5.91 Å². The fourth-order valence-corrected chi connectivity index (χ4v) is 1.94. The van der Waals surface area contributed by atoms with Gasteiger partial charge >= 0.3 is 0 Å². The van der Waals surface area contributed by atoms with E-state index in [0.717, 1.165) is 0 Å². The minimum atomic E-state index is -0.870. The molecule has 2 aromatic rings. The monoisotopic (exact) mass is 284 g/mol. The van der Waals surface area contributed by atoms with Gasteiger partial charge in [-0.05, 0) is 23.8 Å². The molecule has 2 rings (SSSR count). The molecule has 1 atom stereocenters. The molecular weight excluding hydrogens is 268 g/mol. The molecule has 2 aromatic carbocycles. The Hall–Kier alpha value is -2.82. The minimum Gasteiger partial charge on any atom is -0.497 e. The number of nitrogens with one attached hydrogen (secondary N) is 1. The number of primary amides is 1. The van der Waals surface area contributed by atoms with Gasteiger partial charge in [-0.25, -0.2) is 0 Å². The zero-order chi connectivity index (χ0) is 15.2. The normalized spacial score (nSPS) is 11.5. The van der Waals surface area contributed by atoms with Gasteiger partial charge in [0, 0.05) is 5.56 Å². The molecule has 3 N–H and O–H groups in total. The highest BCUT2D eigenvalue weighted by Gasteiger charge is 2.20. The third-order valence-electron chi connectivity index (χ3n) is 3.02. The van der Waals surface area contributed by atoms with E-state index in [1.54, 1.807) is 48.5 Å². The van der Waals surface area contributed by atoms with E-state index in [9.17, 15) is 9.59 Å². The Balaban J connectivity index is 2.21. The van der Waals surface area contributed by atoms with Crippen LogP contribution in [-0.4, -0.2) is 18.9 Å². The summed E-state index contributed by atoms with van der Waals surface area (Å²) in [7, 11) is 1.52. The lowest BCUT2D eigenvalue weighted by molar-refractivity contribution is -0.120. The molecule has 0 bridgehead atoms. The van der Waals surface area contributed by atoms with Crippen LogP contribution in [0.15, 0.2) is 54.6 Å². The van der Waals surface area contributed by atoms with Crippen LogP contribution in [0.5, 0.6) is 5.75 Å². The Morgan fingerprint density at radius 2 is 1.81 bits per heavy atom. The van der Waals surface area contributed by atoms with Gasteiger partial charge in [-0.3, -0.25) is 9.59 Å². The summed E-state index contributed by atoms with van der Waals surface area (Å²) >= 11 is 0. The molecule has 0 fully saturated rings. The average molecular weight is 284 g/mol. The summed E-state index contributed by atoms with van der Waals surface area (Å²) in [6.07, 6.45) is 0. The van der Waals surface area contributed by atoms with Gasteiger partial charge in [0.05, 0.1) is 7.11 Å². The van der Waals surface area contributed by atoms with Crippen LogP contribution in [0.4, 0.5) is 0 Å². The van der Waals surface area contributed by atoms with Gasteiger partial charge in [-0.15, -0.1) is 0 Å². The second-order valence-electron chi connectivity index (χ2n) is 4.45. The van der Waals surface area contributed by atoms with Crippen LogP contribution < -0.4 is 15.8 Å². The van der Waals surface area contributed by atoms with Crippen molar-refractivity contribution in [2.75, 3.05) is 7.11 Å². The third kappa shape index (κ3) is 3.60. The maximum absolute atomic E-state index is 12.2. The Morgan fingerprint density at radius 3 is 2.43 bits per heavy atom. The van der Waals surface area contributed by atoms with Gasteiger partial charge < -0.3 is 15.8 Å². The van der Waals surface area contributed by atoms with E-state index in [0.29, 0.717) is 16.9 Å². The number of nitrogens with two attached hydrogens (primary N) is 1. The highest BCUT2D eigenvalue weighted by Crippen LogP contribution is 2.16. The molecule has 0 heterocycles. The molecule has 0 aromatic heterocycles. The van der Waals surface area contributed by atoms with E-state index < -0.39 is 11.9 Å². The number of benzene rings is 2. The molecule has 108 valence electrons. The van der Waals surface area contributed by atoms with Crippen molar-refractivity contribution in [3.05, 3.63) is 65.7 Å². The van der Waals surface area contributed by atoms with Crippen LogP contribution in [0.3, 0.4) is 0 Å². The number of carbonyl (C=O) groups excluding carboxylic acids is 2. The summed E-state index contributed by atoms with van der Waals surface area (Å²) in [4.78, 5) is 23.8. The zero-order valence-electron chi connectivity index (χ0n) is 11.6. The largest absolute Gasteiger partial charge is 0.497 e. The number of hydrogen-bond donors (Lipinski definition) is 2. The van der Waals surface area contributed by atoms with Gasteiger partial charge in [-0.1, -0.05) is 36.4 Å². The predicted molar refractivity (Wildman–Crippen MR) is 78.8 cm³/mol. The lowest BCUT2D eigenvalue weighted by Gasteiger charge is -2.16. The third-order valence-corrected chi connectivity index (χ3v) is 3.02. The number of ether oxygens (including phenoxy) is 1. The number of rotatable bonds is 5. The van der Waals surface area contributed by atoms with Crippen molar-refractivity contribution >= 4 is 11.8 Å². The first-order valence-electron chi connectivity index (χ1n) is 6.41. The minimum absolute atomic E-state index is 0.387. The fraction of sp³-hybridized carbons (Fsp3) is 0.125. The van der Waals surface area contributed by atoms with Crippen molar-refractivity contribution in [1.29, 1.82) is 0 Å². The molecule has 0 aliphatic carbocycles. The van der Waals surface area contributed by atoms with Crippen molar-refractivity contribution in [2.24, 2.45) is 5.73 Å². The number of methoxy groups -OCH3 is 1. The maximum atomic E-state index is 12.2. The van der Waals surface area contributed by atoms with Crippen LogP contribution in [0, 0.1) is 0 Å². The Morgan fingerprint density at radius 1 is 1.10 bits per heavy atom. The molecule has 2 amide bonds. The van der Waals surface area contributed by atoms with Crippen LogP contribution in [-0.2, 0) is 4.79 Å². The number of hydrogen-bond acceptors (Lipinski definition) is 3. The second kappa shape index (κ2) is 6.56. The summed E-state index contributed by atoms with van der Waals surface area (Å²) in [5.41, 5.74) is 6.41. The van der Waals surface area contributed by atoms with Gasteiger partial charge in [0.15, 0.2) is 0 Å². The lowest BCUT2D eigenvalue weighted by atomic mass is 10.1. The van der Waals surface area contributed by atoms with Crippen molar-refractivity contribution in [3.8, 4) is 5.75 Å². The van der Waals surface area contributed by atoms with Crippen LogP contribution >= 0.6 is 0 Å². The first kappa shape index (κ1) is 14.6. The van der Waals surface area contributed by atoms with Gasteiger partial charge in [-0.2, -0.15) is 0 Å². The van der Waals surface area contributed by atoms with E-state index in [-0.39, 0.29) is 5.91 Å². The smallest absolute Gasteiger partial charge is 0.252 e. The van der Waals surface area contributed by atoms with Crippen LogP contribution in [0.2, 0.25) is 0 Å². The van der Waals surface area contributed by atoms with E-state index in [1.165, 1.54) is 7.11 Å². The summed E-state index contributed by atoms with van der Waals surface area (Å²) in [5.74, 6) is -0.433. The van der Waals surface area contributed by atoms with Crippen LogP contribution in [0.1, 0.15) is 22.0 Å². The number of amides is 2. The van der Waals surface area contributed by atoms with Crippen molar-refractivity contribution < 1.29 is 14.3 Å². The van der Waals surface area contributed by atoms with Crippen LogP contribution in [0.25, 0.3) is 0 Å². The molecule has 0 saturated heterocycles. The molecule has 0 spiro atoms. The molecule has 0 radical (unpaired) electrons. The van der Waals surface area contributed by atoms with E-state index in [4.69, 9.17) is 10.5 Å². The quantitative estimate of drug-likeness (QED) is 0.876. The summed E-state index contributed by atoms with van der Waals surface area (Å²) in [6.45, 7) is 0. The fourth-order valence-electron chi connectivity index (χ4n) is 1.94. The highest BCUT2D eigenvalue weighted by atomic mass is 16.5. The molecule has 0 aliphatic heterocycles. The maximum Gasteiger partial charge on any atom is 0.252 e. The molecule has 0 saturated carbocycles. The van der Waals surface area contributed by atoms with Crippen molar-refractivity contribution in [1.82, 2.24) is 5.32 Å². The van der Waals surface area contributed by atoms with E-state index in [1.807, 2.05) is 6.07 Å². The van der Waals surface area contributed by atoms with E-state index >= 15 is 0 Å². The van der Waals surface area contributed by atoms with E-state index in [2.05, 4.69) is 5.32 Å². The standard InChI is InChI=1S/C16H16N2O3/c1-21-13-9-5-8-12(10-13)16(20)18-14(15(17)19)11-6-3-2-4-7-11/h2-10,14H,1H3,(H2,17,19)(H,18,20)/t14-/m1/s1. The average Bonchev–Trinajstić information content (AvgIpc) is 2.53. The Bertz CT molecular complexity index is 641. The van der Waals surface area contributed by atoms with Gasteiger partial charge in [0.2, 0.25) is 5.91 Å². The topological polar surface area (TPSA) is 81.4 Å². The second-order valence-corrected chi connectivity index (χ2v) is 4.45. The summed E-state index contributed by atoms with van der Waals surface area (Å²) < 4.78 is 5.07. The molecule has 0 aliphatic rings. The summed E-state index contributed by atoms with van der Waals surface area (Å²) in [6, 6.07) is 14.7. The number of carbonyl (C=O) groups is 2. The van der Waals surface area contributed by atoms with Crippen molar-refractivity contribution in [3.63, 3.8) is 0 Å². The predicted octanol–water partition coefficient (Wildman–Crippen LogP) is 1.65. The summed E-state index contributed by atoms with van der Waals surface area (Å²) in [5, 5.41) is 2.63. The first-order valence-corrected chi connectivity index (χ1v) is 6.41. The molecular formula is C16H16N2O3. The molecule has 5 heteroatoms. The zero-order valence-corrected chi connectivity index (χ0v) is 11.6. The Kier molecular flexibility index (Phi) is 4.56. The highest BCUT2D eigenvalue weighted by molar-refractivity contribution is 5.97. The van der Waals surface area contributed by atoms with Gasteiger partial charge in [0.1, 0.15) is 11.8 Å². The Labute approximate surface area is 122 Å². The van der Waals surface area contributed by atoms with Crippen molar-refractivity contribution in [2.45, 2.75) is 6.04 Å². The SMILES string of the molecule is COc1cccc(C(=O)N[C@@H](C(N)=O)c2ccccc2)c1. The lowest BCUT2D eigenvalue weighted by Crippen LogP contribution is -2.37. The molecule has 21 heavy (non-hydrogen) atoms. The first-order chi connectivity index (χ1) is 10.1. The molecule has 5 nitrogen and oxygen atoms in total.